The van der Waals surface area contributed by atoms with Gasteiger partial charge >= 0.3 is 23.9 Å². The molecule has 0 bridgehead atoms. The first-order valence-corrected chi connectivity index (χ1v) is 21.5. The predicted molar refractivity (Wildman–Crippen MR) is 241 cm³/mol. The van der Waals surface area contributed by atoms with Crippen LogP contribution in [0.2, 0.25) is 0 Å². The van der Waals surface area contributed by atoms with E-state index in [0.29, 0.717) is 29.5 Å². The number of carboxylic acid groups (broad SMARTS) is 4. The monoisotopic (exact) mass is 1030 g/mol. The first-order valence-electron chi connectivity index (χ1n) is 20.0. The highest BCUT2D eigenvalue weighted by atomic mass is 127. The Balaban J connectivity index is 1.44. The van der Waals surface area contributed by atoms with Gasteiger partial charge in [-0.05, 0) is 66.8 Å². The van der Waals surface area contributed by atoms with E-state index in [2.05, 4.69) is 10.6 Å². The standard InChI is InChI=1S/C44H43F2IN4O15/c45-28-15-26-35(17-32(28)52)66-36-18-33(53)29(46)16-27(36)44(26)25-5-6-30(50(20-40(56)57)21-41(58)59)37(14-25)65-11-10-64-34-7-4-24(12-31(34)51(22-42(60)61)23-43(62)63)13-38(54)48-8-2-1-3-9-49-39(55)19-47/h4-7,12,14-18,52H,1-3,8-11,13,19-23H2,(H,48,54)(H,49,55)(H,56,57)(H,58,59)(H,60,61)(H,62,63). The van der Waals surface area contributed by atoms with Gasteiger partial charge in [-0.25, -0.2) is 8.78 Å². The van der Waals surface area contributed by atoms with Gasteiger partial charge in [-0.2, -0.15) is 0 Å². The summed E-state index contributed by atoms with van der Waals surface area (Å²) >= 11 is 1.96. The lowest BCUT2D eigenvalue weighted by Gasteiger charge is -2.25. The van der Waals surface area contributed by atoms with Gasteiger partial charge in [0.25, 0.3) is 0 Å². The van der Waals surface area contributed by atoms with Crippen LogP contribution in [-0.2, 0) is 35.2 Å². The molecule has 0 atom stereocenters. The van der Waals surface area contributed by atoms with Crippen molar-refractivity contribution in [2.24, 2.45) is 0 Å². The van der Waals surface area contributed by atoms with Gasteiger partial charge < -0.3 is 59.9 Å². The molecule has 3 aromatic rings. The van der Waals surface area contributed by atoms with Crippen LogP contribution in [0.5, 0.6) is 17.2 Å². The van der Waals surface area contributed by atoms with Gasteiger partial charge in [0, 0.05) is 41.7 Å². The topological polar surface area (TPSA) is 283 Å². The molecule has 0 spiro atoms. The summed E-state index contributed by atoms with van der Waals surface area (Å²) in [6, 6.07) is 12.0. The zero-order chi connectivity index (χ0) is 48.1. The number of phenols is 1. The van der Waals surface area contributed by atoms with Gasteiger partial charge in [-0.15, -0.1) is 0 Å². The highest BCUT2D eigenvalue weighted by Crippen LogP contribution is 2.44. The summed E-state index contributed by atoms with van der Waals surface area (Å²) < 4.78 is 47.8. The fraction of sp³-hybridized carbons (Fsp3) is 0.295. The van der Waals surface area contributed by atoms with Crippen LogP contribution in [0.25, 0.3) is 33.4 Å². The SMILES string of the molecule is O=C(O)CN(CC(=O)O)c1ccc(-c2c3cc(F)c(=O)cc-3oc3cc(O)c(F)cc23)cc1OCCOc1ccc(CC(=O)NCCCCCNC(=O)CI)cc1N(CC(=O)O)CC(=O)O. The Morgan fingerprint density at radius 3 is 1.86 bits per heavy atom. The second-order valence-corrected chi connectivity index (χ2v) is 15.4. The average molecular weight is 1030 g/mol. The second kappa shape index (κ2) is 23.1. The molecule has 5 rings (SSSR count). The molecule has 66 heavy (non-hydrogen) atoms. The first-order chi connectivity index (χ1) is 31.4. The van der Waals surface area contributed by atoms with Crippen LogP contribution < -0.4 is 35.3 Å². The number of unbranched alkanes of at least 4 members (excludes halogenated alkanes) is 2. The number of amides is 2. The predicted octanol–water partition coefficient (Wildman–Crippen LogP) is 4.34. The largest absolute Gasteiger partial charge is 0.505 e. The van der Waals surface area contributed by atoms with E-state index < -0.39 is 72.9 Å². The summed E-state index contributed by atoms with van der Waals surface area (Å²) in [6.07, 6.45) is 1.95. The van der Waals surface area contributed by atoms with Gasteiger partial charge in [-0.3, -0.25) is 33.6 Å². The summed E-state index contributed by atoms with van der Waals surface area (Å²) in [5.41, 5.74) is -0.540. The van der Waals surface area contributed by atoms with Crippen molar-refractivity contribution in [1.29, 1.82) is 0 Å². The molecule has 0 unspecified atom stereocenters. The van der Waals surface area contributed by atoms with Crippen molar-refractivity contribution in [2.75, 3.05) is 66.7 Å². The van der Waals surface area contributed by atoms with Crippen molar-refractivity contribution in [2.45, 2.75) is 25.7 Å². The molecule has 3 aromatic carbocycles. The number of phenolic OH excluding ortho intramolecular Hbond substituents is 1. The zero-order valence-corrected chi connectivity index (χ0v) is 37.0. The number of benzene rings is 4. The van der Waals surface area contributed by atoms with Crippen LogP contribution in [0.1, 0.15) is 24.8 Å². The maximum Gasteiger partial charge on any atom is 0.323 e. The van der Waals surface area contributed by atoms with Crippen molar-refractivity contribution in [3.8, 4) is 39.7 Å². The Bertz CT molecular complexity index is 2630. The second-order valence-electron chi connectivity index (χ2n) is 14.6. The van der Waals surface area contributed by atoms with Crippen molar-refractivity contribution < 1.29 is 77.0 Å². The third kappa shape index (κ3) is 13.6. The van der Waals surface area contributed by atoms with Crippen LogP contribution in [0.3, 0.4) is 0 Å². The molecule has 0 saturated heterocycles. The minimum absolute atomic E-state index is 0.00854. The number of aliphatic carboxylic acids is 4. The van der Waals surface area contributed by atoms with E-state index in [9.17, 15) is 67.9 Å². The molecule has 0 saturated carbocycles. The van der Waals surface area contributed by atoms with E-state index in [-0.39, 0.29) is 87.7 Å². The number of hydrogen-bond acceptors (Lipinski definition) is 13. The van der Waals surface area contributed by atoms with Crippen molar-refractivity contribution >= 4 is 80.6 Å². The van der Waals surface area contributed by atoms with Gasteiger partial charge in [-0.1, -0.05) is 34.7 Å². The molecule has 22 heteroatoms. The van der Waals surface area contributed by atoms with Crippen molar-refractivity contribution in [3.63, 3.8) is 0 Å². The minimum Gasteiger partial charge on any atom is -0.505 e. The number of alkyl halides is 1. The third-order valence-electron chi connectivity index (χ3n) is 9.68. The van der Waals surface area contributed by atoms with Crippen LogP contribution in [0, 0.1) is 11.6 Å². The molecular weight excluding hydrogens is 989 g/mol. The van der Waals surface area contributed by atoms with Crippen LogP contribution in [0.4, 0.5) is 20.2 Å². The van der Waals surface area contributed by atoms with Crippen LogP contribution in [0.15, 0.2) is 69.9 Å². The van der Waals surface area contributed by atoms with Crippen LogP contribution in [-0.4, -0.2) is 118 Å². The molecule has 0 aromatic heterocycles. The minimum atomic E-state index is -1.40. The number of carbonyl (C=O) groups excluding carboxylic acids is 2. The van der Waals surface area contributed by atoms with Crippen LogP contribution >= 0.6 is 22.6 Å². The maximum atomic E-state index is 14.9. The average Bonchev–Trinajstić information content (AvgIpc) is 3.24. The lowest BCUT2D eigenvalue weighted by molar-refractivity contribution is -0.138. The smallest absolute Gasteiger partial charge is 0.323 e. The number of hydrogen-bond donors (Lipinski definition) is 7. The van der Waals surface area contributed by atoms with Gasteiger partial charge in [0.15, 0.2) is 17.4 Å². The van der Waals surface area contributed by atoms with E-state index >= 15 is 0 Å². The Labute approximate surface area is 387 Å². The van der Waals surface area contributed by atoms with Gasteiger partial charge in [0.05, 0.1) is 22.2 Å². The molecule has 350 valence electrons. The van der Waals surface area contributed by atoms with E-state index in [1.807, 2.05) is 22.6 Å². The highest BCUT2D eigenvalue weighted by molar-refractivity contribution is 14.1. The Hall–Kier alpha value is -7.24. The molecule has 1 heterocycles. The molecule has 1 aliphatic heterocycles. The number of nitrogens with zero attached hydrogens (tertiary/aromatic N) is 2. The lowest BCUT2D eigenvalue weighted by Crippen LogP contribution is -2.35. The number of ether oxygens (including phenoxy) is 2. The quantitative estimate of drug-likeness (QED) is 0.0185. The lowest BCUT2D eigenvalue weighted by atomic mass is 9.93. The Kier molecular flexibility index (Phi) is 17.4. The summed E-state index contributed by atoms with van der Waals surface area (Å²) in [6.45, 7) is -3.02. The molecule has 19 nitrogen and oxygen atoms in total. The first kappa shape index (κ1) is 49.8. The highest BCUT2D eigenvalue weighted by Gasteiger charge is 2.25. The number of rotatable bonds is 25. The summed E-state index contributed by atoms with van der Waals surface area (Å²) in [5, 5.41) is 54.3. The van der Waals surface area contributed by atoms with Gasteiger partial charge in [0.2, 0.25) is 17.2 Å². The fourth-order valence-corrected chi connectivity index (χ4v) is 7.16. The Morgan fingerprint density at radius 1 is 0.667 bits per heavy atom. The van der Waals surface area contributed by atoms with Gasteiger partial charge in [0.1, 0.15) is 62.2 Å². The third-order valence-corrected chi connectivity index (χ3v) is 10.4. The van der Waals surface area contributed by atoms with E-state index in [1.54, 1.807) is 0 Å². The molecule has 0 fully saturated rings. The zero-order valence-electron chi connectivity index (χ0n) is 34.8. The molecule has 1 aliphatic carbocycles. The van der Waals surface area contributed by atoms with E-state index in [1.165, 1.54) is 36.4 Å². The van der Waals surface area contributed by atoms with Crippen molar-refractivity contribution in [3.05, 3.63) is 88.1 Å². The number of carbonyl (C=O) groups is 6. The number of anilines is 2. The van der Waals surface area contributed by atoms with E-state index in [4.69, 9.17) is 13.9 Å². The number of nitrogens with one attached hydrogen (secondary N) is 2. The van der Waals surface area contributed by atoms with E-state index in [0.717, 1.165) is 46.9 Å². The summed E-state index contributed by atoms with van der Waals surface area (Å²) in [7, 11) is 0. The fourth-order valence-electron chi connectivity index (χ4n) is 6.89. The number of aromatic hydroxyl groups is 1. The maximum absolute atomic E-state index is 14.9. The molecule has 7 N–H and O–H groups in total. The summed E-state index contributed by atoms with van der Waals surface area (Å²) in [5.74, 6) is -9.30. The molecular formula is C44H43F2IN4O15. The molecule has 2 amide bonds. The van der Waals surface area contributed by atoms with Crippen molar-refractivity contribution in [1.82, 2.24) is 10.6 Å². The summed E-state index contributed by atoms with van der Waals surface area (Å²) in [4.78, 5) is 86.0. The molecule has 2 aliphatic rings. The number of carboxylic acids is 4. The molecule has 0 radical (unpaired) electrons. The number of fused-ring (bicyclic) bond motifs is 2. The Morgan fingerprint density at radius 2 is 1.26 bits per heavy atom. The normalized spacial score (nSPS) is 11.0. The number of halogens is 3.